The zero-order valence-corrected chi connectivity index (χ0v) is 9.43. The Kier molecular flexibility index (Phi) is 3.36. The summed E-state index contributed by atoms with van der Waals surface area (Å²) in [7, 11) is 0. The van der Waals surface area contributed by atoms with Gasteiger partial charge in [-0.2, -0.15) is 0 Å². The summed E-state index contributed by atoms with van der Waals surface area (Å²) < 4.78 is 0. The third-order valence-corrected chi connectivity index (χ3v) is 3.11. The van der Waals surface area contributed by atoms with E-state index in [2.05, 4.69) is 33.1 Å². The molecule has 0 aromatic carbocycles. The maximum Gasteiger partial charge on any atom is 0.0241 e. The molecule has 0 aromatic heterocycles. The molecule has 1 rings (SSSR count). The molecule has 2 heteroatoms. The topological polar surface area (TPSA) is 38.0 Å². The molecule has 0 amide bonds. The molecule has 0 heterocycles. The van der Waals surface area contributed by atoms with Gasteiger partial charge in [0.25, 0.3) is 0 Å². The van der Waals surface area contributed by atoms with E-state index in [1.807, 2.05) is 0 Å². The summed E-state index contributed by atoms with van der Waals surface area (Å²) in [5.41, 5.74) is 3.40. The lowest BCUT2D eigenvalue weighted by Crippen LogP contribution is -2.37. The molecule has 2 nitrogen and oxygen atoms in total. The second-order valence-corrected chi connectivity index (χ2v) is 5.75. The first-order chi connectivity index (χ1) is 5.94. The van der Waals surface area contributed by atoms with Crippen LogP contribution in [-0.2, 0) is 0 Å². The lowest BCUT2D eigenvalue weighted by Gasteiger charge is -2.22. The Balaban J connectivity index is 2.25. The minimum Gasteiger partial charge on any atom is -0.271 e. The molecule has 3 unspecified atom stereocenters. The predicted molar refractivity (Wildman–Crippen MR) is 57.1 cm³/mol. The van der Waals surface area contributed by atoms with Crippen LogP contribution in [0.5, 0.6) is 0 Å². The third-order valence-electron chi connectivity index (χ3n) is 3.11. The normalized spacial score (nSPS) is 30.2. The lowest BCUT2D eigenvalue weighted by molar-refractivity contribution is 0.313. The molecule has 1 aliphatic carbocycles. The van der Waals surface area contributed by atoms with Crippen molar-refractivity contribution in [3.8, 4) is 0 Å². The van der Waals surface area contributed by atoms with E-state index in [9.17, 15) is 0 Å². The van der Waals surface area contributed by atoms with E-state index in [0.717, 1.165) is 11.8 Å². The van der Waals surface area contributed by atoms with Crippen LogP contribution in [0.15, 0.2) is 0 Å². The molecule has 0 bridgehead atoms. The Hall–Kier alpha value is -0.0800. The molecule has 3 N–H and O–H groups in total. The third kappa shape index (κ3) is 3.65. The Bertz CT molecular complexity index is 160. The van der Waals surface area contributed by atoms with E-state index < -0.39 is 0 Å². The fraction of sp³-hybridized carbons (Fsp3) is 1.00. The minimum absolute atomic E-state index is 0.438. The van der Waals surface area contributed by atoms with Gasteiger partial charge in [-0.1, -0.05) is 27.7 Å². The van der Waals surface area contributed by atoms with Gasteiger partial charge in [-0.25, -0.2) is 0 Å². The van der Waals surface area contributed by atoms with Crippen LogP contribution in [-0.4, -0.2) is 6.04 Å². The van der Waals surface area contributed by atoms with E-state index in [0.29, 0.717) is 11.5 Å². The van der Waals surface area contributed by atoms with Crippen molar-refractivity contribution in [2.75, 3.05) is 0 Å². The van der Waals surface area contributed by atoms with Crippen molar-refractivity contribution in [3.63, 3.8) is 0 Å². The van der Waals surface area contributed by atoms with E-state index in [4.69, 9.17) is 5.84 Å². The zero-order chi connectivity index (χ0) is 10.1. The average molecular weight is 184 g/mol. The summed E-state index contributed by atoms with van der Waals surface area (Å²) in [5, 5.41) is 0. The molecule has 1 aliphatic rings. The molecule has 1 saturated carbocycles. The highest BCUT2D eigenvalue weighted by atomic mass is 15.2. The van der Waals surface area contributed by atoms with Gasteiger partial charge < -0.3 is 0 Å². The summed E-state index contributed by atoms with van der Waals surface area (Å²) >= 11 is 0. The smallest absolute Gasteiger partial charge is 0.0241 e. The summed E-state index contributed by atoms with van der Waals surface area (Å²) in [5.74, 6) is 7.29. The summed E-state index contributed by atoms with van der Waals surface area (Å²) in [6.07, 6.45) is 3.83. The molecule has 0 spiro atoms. The second kappa shape index (κ2) is 3.97. The molecular weight excluding hydrogens is 160 g/mol. The molecule has 0 aliphatic heterocycles. The van der Waals surface area contributed by atoms with Crippen LogP contribution in [0.2, 0.25) is 0 Å². The van der Waals surface area contributed by atoms with Crippen LogP contribution >= 0.6 is 0 Å². The summed E-state index contributed by atoms with van der Waals surface area (Å²) in [4.78, 5) is 0. The van der Waals surface area contributed by atoms with Gasteiger partial charge in [0.05, 0.1) is 0 Å². The van der Waals surface area contributed by atoms with Crippen LogP contribution in [0.25, 0.3) is 0 Å². The first-order valence-corrected chi connectivity index (χ1v) is 5.40. The monoisotopic (exact) mass is 184 g/mol. The van der Waals surface area contributed by atoms with Crippen molar-refractivity contribution in [2.45, 2.75) is 53.0 Å². The highest BCUT2D eigenvalue weighted by molar-refractivity contribution is 4.91. The Morgan fingerprint density at radius 1 is 1.46 bits per heavy atom. The Morgan fingerprint density at radius 2 is 2.00 bits per heavy atom. The van der Waals surface area contributed by atoms with Gasteiger partial charge in [-0.3, -0.25) is 11.3 Å². The van der Waals surface area contributed by atoms with Gasteiger partial charge >= 0.3 is 0 Å². The lowest BCUT2D eigenvalue weighted by atomic mass is 9.88. The maximum atomic E-state index is 5.56. The van der Waals surface area contributed by atoms with Crippen LogP contribution in [0.4, 0.5) is 0 Å². The number of hydrazine groups is 1. The Labute approximate surface area is 82.2 Å². The van der Waals surface area contributed by atoms with Crippen LogP contribution < -0.4 is 11.3 Å². The number of hydrogen-bond donors (Lipinski definition) is 2. The van der Waals surface area contributed by atoms with Crippen LogP contribution in [0.1, 0.15) is 47.0 Å². The molecule has 1 fully saturated rings. The Morgan fingerprint density at radius 3 is 2.31 bits per heavy atom. The summed E-state index contributed by atoms with van der Waals surface area (Å²) in [6, 6.07) is 0.550. The van der Waals surface area contributed by atoms with Gasteiger partial charge in [0.2, 0.25) is 0 Å². The first-order valence-electron chi connectivity index (χ1n) is 5.40. The standard InChI is InChI=1S/C11H24N2/c1-8-7-9(8)10(13-12)5-6-11(2,3)4/h8-10,13H,5-7,12H2,1-4H3. The quantitative estimate of drug-likeness (QED) is 0.520. The van der Waals surface area contributed by atoms with Gasteiger partial charge in [0.1, 0.15) is 0 Å². The van der Waals surface area contributed by atoms with E-state index in [1.54, 1.807) is 0 Å². The molecule has 13 heavy (non-hydrogen) atoms. The second-order valence-electron chi connectivity index (χ2n) is 5.75. The first kappa shape index (κ1) is 11.0. The number of nitrogens with two attached hydrogens (primary N) is 1. The molecule has 0 aromatic rings. The minimum atomic E-state index is 0.438. The van der Waals surface area contributed by atoms with Crippen molar-refractivity contribution in [1.82, 2.24) is 5.43 Å². The molecule has 78 valence electrons. The zero-order valence-electron chi connectivity index (χ0n) is 9.43. The fourth-order valence-corrected chi connectivity index (χ4v) is 1.92. The van der Waals surface area contributed by atoms with Crippen molar-refractivity contribution in [2.24, 2.45) is 23.1 Å². The van der Waals surface area contributed by atoms with Crippen molar-refractivity contribution >= 4 is 0 Å². The van der Waals surface area contributed by atoms with Crippen molar-refractivity contribution in [1.29, 1.82) is 0 Å². The van der Waals surface area contributed by atoms with Crippen molar-refractivity contribution < 1.29 is 0 Å². The van der Waals surface area contributed by atoms with E-state index in [1.165, 1.54) is 19.3 Å². The molecular formula is C11H24N2. The average Bonchev–Trinajstić information content (AvgIpc) is 2.66. The van der Waals surface area contributed by atoms with E-state index >= 15 is 0 Å². The van der Waals surface area contributed by atoms with Gasteiger partial charge in [-0.15, -0.1) is 0 Å². The molecule has 0 saturated heterocycles. The van der Waals surface area contributed by atoms with E-state index in [-0.39, 0.29) is 0 Å². The van der Waals surface area contributed by atoms with Gasteiger partial charge in [0, 0.05) is 6.04 Å². The number of hydrogen-bond acceptors (Lipinski definition) is 2. The van der Waals surface area contributed by atoms with Crippen molar-refractivity contribution in [3.05, 3.63) is 0 Å². The summed E-state index contributed by atoms with van der Waals surface area (Å²) in [6.45, 7) is 9.18. The van der Waals surface area contributed by atoms with Crippen LogP contribution in [0, 0.1) is 17.3 Å². The highest BCUT2D eigenvalue weighted by Gasteiger charge is 2.38. The number of rotatable bonds is 4. The fourth-order valence-electron chi connectivity index (χ4n) is 1.92. The van der Waals surface area contributed by atoms with Gasteiger partial charge in [0.15, 0.2) is 0 Å². The predicted octanol–water partition coefficient (Wildman–Crippen LogP) is 2.30. The maximum absolute atomic E-state index is 5.56. The number of nitrogens with one attached hydrogen (secondary N) is 1. The SMILES string of the molecule is CC1CC1C(CCC(C)(C)C)NN. The molecule has 0 radical (unpaired) electrons. The highest BCUT2D eigenvalue weighted by Crippen LogP contribution is 2.42. The largest absolute Gasteiger partial charge is 0.271 e. The molecule has 3 atom stereocenters. The van der Waals surface area contributed by atoms with Gasteiger partial charge in [-0.05, 0) is 36.5 Å². The van der Waals surface area contributed by atoms with Crippen LogP contribution in [0.3, 0.4) is 0 Å².